The van der Waals surface area contributed by atoms with Gasteiger partial charge in [-0.1, -0.05) is 0 Å². The predicted octanol–water partition coefficient (Wildman–Crippen LogP) is 0.483. The van der Waals surface area contributed by atoms with Gasteiger partial charge < -0.3 is 4.99 Å². The average molecular weight is 194 g/mol. The smallest absolute Gasteiger partial charge is 0 e. The molecule has 4 heteroatoms. The minimum absolute atomic E-state index is 0. The third-order valence-corrected chi connectivity index (χ3v) is 0.660. The van der Waals surface area contributed by atoms with Crippen molar-refractivity contribution >= 4 is 12.4 Å². The fourth-order valence-corrected chi connectivity index (χ4v) is 0.327. The molecule has 9 heavy (non-hydrogen) atoms. The molecule has 0 aliphatic rings. The van der Waals surface area contributed by atoms with Gasteiger partial charge >= 0.3 is 0 Å². The van der Waals surface area contributed by atoms with E-state index in [0.717, 1.165) is 0 Å². The maximum Gasteiger partial charge on any atom is 0 e. The van der Waals surface area contributed by atoms with Gasteiger partial charge in [0.15, 0.2) is 0 Å². The molecule has 1 aromatic heterocycles. The van der Waals surface area contributed by atoms with E-state index in [2.05, 4.69) is 21.4 Å². The van der Waals surface area contributed by atoms with Gasteiger partial charge in [0, 0.05) is 32.7 Å². The van der Waals surface area contributed by atoms with Crippen LogP contribution in [0, 0.1) is 6.20 Å². The van der Waals surface area contributed by atoms with Crippen LogP contribution in [0.1, 0.15) is 0 Å². The molecule has 0 saturated heterocycles. The molecule has 0 saturated carbocycles. The van der Waals surface area contributed by atoms with Crippen molar-refractivity contribution in [2.75, 3.05) is 0 Å². The maximum atomic E-state index is 4.88. The molecule has 0 aliphatic carbocycles. The molecule has 0 unspecified atom stereocenters. The Morgan fingerprint density at radius 1 is 1.67 bits per heavy atom. The molecule has 0 amide bonds. The number of aliphatic imine (C=N–C) groups is 1. The molecule has 0 N–H and O–H groups in total. The molecule has 1 heterocycles. The molecule has 0 fully saturated rings. The van der Waals surface area contributed by atoms with E-state index in [0.29, 0.717) is 5.69 Å². The molecule has 1 radical (unpaired) electrons. The van der Waals surface area contributed by atoms with Crippen LogP contribution in [-0.2, 0) is 32.7 Å². The molecule has 0 atom stereocenters. The monoisotopic (exact) mass is 194 g/mol. The standard InChI is InChI=1S/C5H3N3.Y/c1-6-5-2-3-7-8-4-5;/h1-3H;/q-2;. The molecule has 0 spiro atoms. The minimum Gasteiger partial charge on any atom is -0.496 e. The van der Waals surface area contributed by atoms with E-state index in [1.165, 1.54) is 6.20 Å². The molecule has 1 aromatic rings. The summed E-state index contributed by atoms with van der Waals surface area (Å²) < 4.78 is 0. The topological polar surface area (TPSA) is 38.1 Å². The summed E-state index contributed by atoms with van der Waals surface area (Å²) in [6, 6.07) is 1.62. The van der Waals surface area contributed by atoms with Crippen molar-refractivity contribution in [1.82, 2.24) is 10.2 Å². The minimum atomic E-state index is 0. The molecule has 0 bridgehead atoms. The quantitative estimate of drug-likeness (QED) is 0.481. The van der Waals surface area contributed by atoms with Crippen molar-refractivity contribution in [3.63, 3.8) is 0 Å². The number of nitrogens with zero attached hydrogens (tertiary/aromatic N) is 3. The Kier molecular flexibility index (Phi) is 4.63. The van der Waals surface area contributed by atoms with E-state index in [-0.39, 0.29) is 32.7 Å². The van der Waals surface area contributed by atoms with Crippen molar-refractivity contribution in [3.8, 4) is 0 Å². The van der Waals surface area contributed by atoms with Gasteiger partial charge in [-0.05, 0) is 6.20 Å². The van der Waals surface area contributed by atoms with Crippen molar-refractivity contribution < 1.29 is 32.7 Å². The van der Waals surface area contributed by atoms with E-state index in [9.17, 15) is 0 Å². The van der Waals surface area contributed by atoms with Gasteiger partial charge in [-0.2, -0.15) is 12.9 Å². The molecule has 1 rings (SSSR count). The number of hydrogen-bond donors (Lipinski definition) is 0. The van der Waals surface area contributed by atoms with E-state index in [1.807, 2.05) is 0 Å². The Morgan fingerprint density at radius 3 is 2.78 bits per heavy atom. The zero-order chi connectivity index (χ0) is 5.82. The number of aromatic nitrogens is 2. The van der Waals surface area contributed by atoms with Crippen molar-refractivity contribution in [2.24, 2.45) is 4.99 Å². The number of hydrogen-bond acceptors (Lipinski definition) is 3. The van der Waals surface area contributed by atoms with Gasteiger partial charge in [0.05, 0.1) is 0 Å². The summed E-state index contributed by atoms with van der Waals surface area (Å²) in [5.74, 6) is 0. The third-order valence-electron chi connectivity index (χ3n) is 0.660. The Balaban J connectivity index is 0.000000640. The second kappa shape index (κ2) is 4.71. The Bertz CT molecular complexity index is 175. The Hall–Kier alpha value is -0.146. The first-order valence-corrected chi connectivity index (χ1v) is 2.04. The predicted molar refractivity (Wildman–Crippen MR) is 29.0 cm³/mol. The van der Waals surface area contributed by atoms with Gasteiger partial charge in [-0.15, -0.1) is 0 Å². The second-order valence-corrected chi connectivity index (χ2v) is 1.16. The Labute approximate surface area is 78.5 Å². The molecular formula is C5H3N3Y-2. The summed E-state index contributed by atoms with van der Waals surface area (Å²) in [7, 11) is 0. The first-order chi connectivity index (χ1) is 3.93. The van der Waals surface area contributed by atoms with E-state index < -0.39 is 0 Å². The van der Waals surface area contributed by atoms with Crippen LogP contribution in [0.5, 0.6) is 0 Å². The molecule has 43 valence electrons. The van der Waals surface area contributed by atoms with Gasteiger partial charge in [0.25, 0.3) is 0 Å². The van der Waals surface area contributed by atoms with Crippen LogP contribution < -0.4 is 0 Å². The van der Waals surface area contributed by atoms with Gasteiger partial charge in [-0.25, -0.2) is 16.9 Å². The van der Waals surface area contributed by atoms with Crippen LogP contribution in [0.4, 0.5) is 5.69 Å². The maximum absolute atomic E-state index is 4.88. The second-order valence-electron chi connectivity index (χ2n) is 1.16. The molecular weight excluding hydrogens is 191 g/mol. The van der Waals surface area contributed by atoms with E-state index in [4.69, 9.17) is 6.72 Å². The fraction of sp³-hybridized carbons (Fsp3) is 0. The average Bonchev–Trinajstić information content (AvgIpc) is 1.90. The van der Waals surface area contributed by atoms with Crippen LogP contribution >= 0.6 is 0 Å². The van der Waals surface area contributed by atoms with Crippen LogP contribution in [-0.4, -0.2) is 16.9 Å². The molecule has 3 nitrogen and oxygen atoms in total. The zero-order valence-corrected chi connectivity index (χ0v) is 7.49. The third kappa shape index (κ3) is 2.77. The normalized spacial score (nSPS) is 7.56. The summed E-state index contributed by atoms with van der Waals surface area (Å²) in [6.45, 7) is 4.88. The first-order valence-electron chi connectivity index (χ1n) is 2.04. The van der Waals surface area contributed by atoms with Crippen LogP contribution in [0.2, 0.25) is 0 Å². The number of rotatable bonds is 1. The largest absolute Gasteiger partial charge is 0.496 e. The van der Waals surface area contributed by atoms with Crippen LogP contribution in [0.3, 0.4) is 0 Å². The summed E-state index contributed by atoms with van der Waals surface area (Å²) in [6.07, 6.45) is 3.97. The zero-order valence-electron chi connectivity index (χ0n) is 4.65. The molecule has 0 aliphatic heterocycles. The van der Waals surface area contributed by atoms with Crippen molar-refractivity contribution in [3.05, 3.63) is 18.5 Å². The van der Waals surface area contributed by atoms with Crippen LogP contribution in [0.15, 0.2) is 17.3 Å². The summed E-state index contributed by atoms with van der Waals surface area (Å²) in [4.78, 5) is 3.31. The van der Waals surface area contributed by atoms with Gasteiger partial charge in [-0.3, -0.25) is 5.10 Å². The van der Waals surface area contributed by atoms with Crippen molar-refractivity contribution in [1.29, 1.82) is 0 Å². The van der Waals surface area contributed by atoms with E-state index >= 15 is 0 Å². The SMILES string of the molecule is [CH-]=Nc1[c-]nncc1.[Y]. The Morgan fingerprint density at radius 2 is 2.44 bits per heavy atom. The van der Waals surface area contributed by atoms with Crippen molar-refractivity contribution in [2.45, 2.75) is 0 Å². The van der Waals surface area contributed by atoms with Gasteiger partial charge in [0.1, 0.15) is 0 Å². The summed E-state index contributed by atoms with van der Waals surface area (Å²) in [5, 5.41) is 6.88. The van der Waals surface area contributed by atoms with Crippen LogP contribution in [0.25, 0.3) is 0 Å². The van der Waals surface area contributed by atoms with Gasteiger partial charge in [0.2, 0.25) is 0 Å². The van der Waals surface area contributed by atoms with E-state index in [1.54, 1.807) is 6.07 Å². The summed E-state index contributed by atoms with van der Waals surface area (Å²) in [5.41, 5.74) is 0.514. The summed E-state index contributed by atoms with van der Waals surface area (Å²) >= 11 is 0. The first kappa shape index (κ1) is 8.85. The molecule has 0 aromatic carbocycles. The fourth-order valence-electron chi connectivity index (χ4n) is 0.327.